The van der Waals surface area contributed by atoms with Gasteiger partial charge in [0.2, 0.25) is 0 Å². The van der Waals surface area contributed by atoms with Gasteiger partial charge in [-0.05, 0) is 101 Å². The molecule has 0 spiro atoms. The number of nitrogens with zero attached hydrogens (tertiary/aromatic N) is 5. The molecule has 9 aromatic carbocycles. The Hall–Kier alpha value is -8.87. The fraction of sp³-hybridized carbons (Fsp3) is 0.0923. The Balaban J connectivity index is 1.06. The van der Waals surface area contributed by atoms with Gasteiger partial charge in [-0.2, -0.15) is 0 Å². The summed E-state index contributed by atoms with van der Waals surface area (Å²) < 4.78 is 152. The topological polar surface area (TPSA) is 38.5 Å². The minimum absolute atomic E-state index is 0.0142. The molecule has 3 aromatic heterocycles. The zero-order valence-corrected chi connectivity index (χ0v) is 38.7. The second-order valence-corrected chi connectivity index (χ2v) is 18.5. The third kappa shape index (κ3) is 7.21. The molecular formula is C65H51N5O. The number of ether oxygens (including phenoxy) is 1. The Bertz CT molecular complexity index is 4810. The van der Waals surface area contributed by atoms with Crippen molar-refractivity contribution in [2.24, 2.45) is 0 Å². The number of fused-ring (bicyclic) bond motifs is 7. The molecule has 71 heavy (non-hydrogen) atoms. The minimum atomic E-state index is -2.94. The van der Waals surface area contributed by atoms with Crippen molar-refractivity contribution in [1.82, 2.24) is 14.1 Å². The molecule has 13 rings (SSSR count). The Morgan fingerprint density at radius 1 is 0.507 bits per heavy atom. The molecule has 342 valence electrons. The highest BCUT2D eigenvalue weighted by atomic mass is 16.5. The summed E-state index contributed by atoms with van der Waals surface area (Å²) in [6.07, 6.45) is 1.17. The number of hydrogen-bond acceptors (Lipinski definition) is 4. The molecule has 0 saturated heterocycles. The van der Waals surface area contributed by atoms with Crippen molar-refractivity contribution in [1.29, 1.82) is 0 Å². The minimum Gasteiger partial charge on any atom is -0.457 e. The molecule has 0 atom stereocenters. The maximum Gasteiger partial charge on any atom is 0.137 e. The fourth-order valence-electron chi connectivity index (χ4n) is 9.85. The highest BCUT2D eigenvalue weighted by molar-refractivity contribution is 6.17. The summed E-state index contributed by atoms with van der Waals surface area (Å²) in [7, 11) is 0. The summed E-state index contributed by atoms with van der Waals surface area (Å²) in [6, 6.07) is 36.5. The standard InChI is InChI=1S/C65H51N5O/c1-43-35-63(66-41-55(43)45-21-9-6-10-22-45)70-58-32-16-13-29-54(58)64-61(69-56-30-14-11-27-52(56)53-28-12-15-31-57(53)69)39-51(40-62(64)70)71-50-26-18-25-49(38-50)67-42-68(48-24-17-23-47(37-48)65(2,3)4)60-36-46(33-34-59(60)67)44-19-7-5-8-20-44/h5-41H,42H2,1-4H3/i1D3,6D,9D,10D,11D,12D,14D,15D,21D,22D,27D,28D,30D,31D. The van der Waals surface area contributed by atoms with Gasteiger partial charge < -0.3 is 19.1 Å². The van der Waals surface area contributed by atoms with Crippen LogP contribution in [0.25, 0.3) is 77.4 Å². The Morgan fingerprint density at radius 2 is 1.21 bits per heavy atom. The van der Waals surface area contributed by atoms with E-state index in [-0.39, 0.29) is 61.2 Å². The van der Waals surface area contributed by atoms with Crippen LogP contribution < -0.4 is 14.5 Å². The first-order valence-electron chi connectivity index (χ1n) is 31.1. The summed E-state index contributed by atoms with van der Waals surface area (Å²) in [6.45, 7) is 4.03. The zero-order chi connectivity index (χ0) is 61.6. The summed E-state index contributed by atoms with van der Waals surface area (Å²) >= 11 is 0. The second kappa shape index (κ2) is 16.7. The van der Waals surface area contributed by atoms with Crippen LogP contribution in [-0.2, 0) is 5.41 Å². The molecule has 0 aliphatic carbocycles. The number of rotatable bonds is 8. The third-order valence-electron chi connectivity index (χ3n) is 13.2. The van der Waals surface area contributed by atoms with E-state index in [1.165, 1.54) is 22.4 Å². The normalized spacial score (nSPS) is 16.0. The van der Waals surface area contributed by atoms with Crippen molar-refractivity contribution in [3.63, 3.8) is 0 Å². The van der Waals surface area contributed by atoms with Crippen molar-refractivity contribution < 1.29 is 26.7 Å². The van der Waals surface area contributed by atoms with Crippen LogP contribution in [0.3, 0.4) is 0 Å². The van der Waals surface area contributed by atoms with Crippen LogP contribution in [0.15, 0.2) is 224 Å². The molecule has 12 aromatic rings. The number of benzene rings is 9. The molecule has 1 aliphatic heterocycles. The van der Waals surface area contributed by atoms with Crippen molar-refractivity contribution in [2.75, 3.05) is 16.5 Å². The molecule has 1 aliphatic rings. The van der Waals surface area contributed by atoms with E-state index in [4.69, 9.17) is 26.2 Å². The maximum atomic E-state index is 9.51. The average Bonchev–Trinajstić information content (AvgIpc) is 1.55. The van der Waals surface area contributed by atoms with Crippen molar-refractivity contribution >= 4 is 66.4 Å². The van der Waals surface area contributed by atoms with Crippen LogP contribution >= 0.6 is 0 Å². The summed E-state index contributed by atoms with van der Waals surface area (Å²) in [5, 5.41) is 0.580. The lowest BCUT2D eigenvalue weighted by Gasteiger charge is -2.25. The Morgan fingerprint density at radius 3 is 1.99 bits per heavy atom. The van der Waals surface area contributed by atoms with E-state index >= 15 is 0 Å². The van der Waals surface area contributed by atoms with Crippen LogP contribution in [0.2, 0.25) is 0 Å². The zero-order valence-electron chi connectivity index (χ0n) is 54.7. The molecule has 0 bridgehead atoms. The van der Waals surface area contributed by atoms with Crippen LogP contribution in [0.4, 0.5) is 22.7 Å². The quantitative estimate of drug-likeness (QED) is 0.152. The monoisotopic (exact) mass is 934 g/mol. The molecule has 6 heteroatoms. The van der Waals surface area contributed by atoms with Gasteiger partial charge >= 0.3 is 0 Å². The van der Waals surface area contributed by atoms with E-state index in [0.717, 1.165) is 33.9 Å². The van der Waals surface area contributed by atoms with E-state index < -0.39 is 85.4 Å². The van der Waals surface area contributed by atoms with E-state index in [1.807, 2.05) is 36.4 Å². The van der Waals surface area contributed by atoms with E-state index in [2.05, 4.69) is 85.2 Å². The molecule has 0 unspecified atom stereocenters. The lowest BCUT2D eigenvalue weighted by atomic mass is 9.87. The number of hydrogen-bond donors (Lipinski definition) is 0. The molecule has 0 N–H and O–H groups in total. The predicted molar refractivity (Wildman–Crippen MR) is 296 cm³/mol. The first-order chi connectivity index (χ1) is 41.3. The van der Waals surface area contributed by atoms with Crippen molar-refractivity contribution in [3.8, 4) is 45.3 Å². The van der Waals surface area contributed by atoms with Gasteiger partial charge in [0.25, 0.3) is 0 Å². The highest BCUT2D eigenvalue weighted by Gasteiger charge is 2.30. The van der Waals surface area contributed by atoms with Crippen LogP contribution in [0.1, 0.15) is 53.8 Å². The summed E-state index contributed by atoms with van der Waals surface area (Å²) in [5.74, 6) is 0.505. The van der Waals surface area contributed by atoms with Gasteiger partial charge in [0.15, 0.2) is 0 Å². The average molecular weight is 934 g/mol. The molecule has 0 saturated carbocycles. The number of aromatic nitrogens is 3. The molecule has 6 nitrogen and oxygen atoms in total. The van der Waals surface area contributed by atoms with Gasteiger partial charge in [0, 0.05) is 67.0 Å². The van der Waals surface area contributed by atoms with Crippen molar-refractivity contribution in [2.45, 2.75) is 33.0 Å². The molecule has 4 heterocycles. The Kier molecular flexibility index (Phi) is 6.71. The fourth-order valence-corrected chi connectivity index (χ4v) is 9.85. The van der Waals surface area contributed by atoms with Gasteiger partial charge in [0.1, 0.15) is 24.0 Å². The first-order valence-corrected chi connectivity index (χ1v) is 23.1. The third-order valence-corrected chi connectivity index (χ3v) is 13.2. The predicted octanol–water partition coefficient (Wildman–Crippen LogP) is 17.3. The lowest BCUT2D eigenvalue weighted by molar-refractivity contribution is 0.483. The van der Waals surface area contributed by atoms with Crippen LogP contribution in [-0.4, -0.2) is 20.8 Å². The van der Waals surface area contributed by atoms with E-state index in [1.54, 1.807) is 47.0 Å². The van der Waals surface area contributed by atoms with Crippen molar-refractivity contribution in [3.05, 3.63) is 235 Å². The van der Waals surface area contributed by atoms with E-state index in [9.17, 15) is 5.48 Å². The SMILES string of the molecule is [2H]c1c([2H])c([2H])c(-c2cnc(-n3c4ccccc4c4c(-n5c6c([2H])c([2H])c([2H])c([2H])c6c6c([2H])c([2H])c([2H])c([2H])c65)cc(Oc5cccc(N6CN(c7cccc(C(C)(C)C)c7)c7cc(-c8ccccc8)ccc76)c5)cc43)cc2C([2H])([2H])[2H])c([2H])c1[2H]. The summed E-state index contributed by atoms with van der Waals surface area (Å²) in [5.41, 5.74) is 6.49. The van der Waals surface area contributed by atoms with E-state index in [0.29, 0.717) is 34.2 Å². The van der Waals surface area contributed by atoms with Crippen LogP contribution in [0, 0.1) is 6.85 Å². The van der Waals surface area contributed by atoms with Gasteiger partial charge in [-0.3, -0.25) is 4.57 Å². The van der Waals surface area contributed by atoms with Crippen LogP contribution in [0.5, 0.6) is 11.5 Å². The smallest absolute Gasteiger partial charge is 0.137 e. The number of para-hydroxylation sites is 3. The number of anilines is 4. The second-order valence-electron chi connectivity index (χ2n) is 18.5. The number of aryl methyl sites for hydroxylation is 1. The molecule has 0 radical (unpaired) electrons. The maximum absolute atomic E-state index is 9.51. The first kappa shape index (κ1) is 28.6. The Labute approximate surface area is 436 Å². The lowest BCUT2D eigenvalue weighted by Crippen LogP contribution is -2.24. The van der Waals surface area contributed by atoms with Gasteiger partial charge in [0.05, 0.1) is 56.9 Å². The largest absolute Gasteiger partial charge is 0.457 e. The van der Waals surface area contributed by atoms with Gasteiger partial charge in [-0.15, -0.1) is 0 Å². The highest BCUT2D eigenvalue weighted by Crippen LogP contribution is 2.48. The molecule has 0 fully saturated rings. The van der Waals surface area contributed by atoms with Gasteiger partial charge in [-0.25, -0.2) is 4.98 Å². The molecular weight excluding hydrogens is 867 g/mol. The summed E-state index contributed by atoms with van der Waals surface area (Å²) in [4.78, 5) is 9.26. The molecule has 0 amide bonds. The van der Waals surface area contributed by atoms with Gasteiger partial charge in [-0.1, -0.05) is 160 Å². The number of pyridine rings is 1.